The van der Waals surface area contributed by atoms with Crippen LogP contribution in [0.2, 0.25) is 0 Å². The summed E-state index contributed by atoms with van der Waals surface area (Å²) < 4.78 is 71.7. The maximum atomic E-state index is 12.8. The molecule has 0 aliphatic heterocycles. The van der Waals surface area contributed by atoms with Crippen molar-refractivity contribution in [2.45, 2.75) is 9.79 Å². The van der Waals surface area contributed by atoms with Crippen LogP contribution in [-0.4, -0.2) is 129 Å². The largest absolute Gasteiger partial charge is 0.394 e. The van der Waals surface area contributed by atoms with Crippen LogP contribution in [0, 0.1) is 0 Å². The second kappa shape index (κ2) is 24.1. The summed E-state index contributed by atoms with van der Waals surface area (Å²) in [6.45, 7) is -2.63. The van der Waals surface area contributed by atoms with Crippen molar-refractivity contribution in [3.63, 3.8) is 0 Å². The van der Waals surface area contributed by atoms with Crippen molar-refractivity contribution < 1.29 is 65.7 Å². The van der Waals surface area contributed by atoms with Crippen LogP contribution in [0.5, 0.6) is 0 Å². The molecule has 6 rings (SSSR count). The Balaban J connectivity index is 1.31. The molecule has 0 fully saturated rings. The Labute approximate surface area is 387 Å². The zero-order valence-corrected chi connectivity index (χ0v) is 37.0. The van der Waals surface area contributed by atoms with Gasteiger partial charge in [0.25, 0.3) is 32.1 Å². The number of anilines is 10. The average Bonchev–Trinajstić information content (AvgIpc) is 3.31. The molecule has 68 heavy (non-hydrogen) atoms. The third-order valence-corrected chi connectivity index (χ3v) is 10.2. The smallest absolute Gasteiger partial charge is 0.295 e. The molecule has 6 aromatic rings. The molecule has 0 atom stereocenters. The van der Waals surface area contributed by atoms with Crippen molar-refractivity contribution in [1.82, 2.24) is 29.9 Å². The van der Waals surface area contributed by atoms with Crippen molar-refractivity contribution in [3.05, 3.63) is 108 Å². The quantitative estimate of drug-likeness (QED) is 0.0212. The second-order valence-electron chi connectivity index (χ2n) is 13.3. The molecule has 0 saturated carbocycles. The summed E-state index contributed by atoms with van der Waals surface area (Å²) in [6.07, 6.45) is 2.38. The van der Waals surface area contributed by atoms with Gasteiger partial charge in [-0.1, -0.05) is 71.1 Å². The molecule has 0 unspecified atom stereocenters. The van der Waals surface area contributed by atoms with Crippen molar-refractivity contribution in [2.75, 3.05) is 84.6 Å². The van der Waals surface area contributed by atoms with Gasteiger partial charge in [-0.15, -0.1) is 0 Å². The van der Waals surface area contributed by atoms with E-state index < -0.39 is 56.5 Å². The summed E-state index contributed by atoms with van der Waals surface area (Å²) in [6, 6.07) is 25.0. The van der Waals surface area contributed by atoms with Crippen LogP contribution < -0.4 is 31.7 Å². The first-order valence-electron chi connectivity index (χ1n) is 19.9. The van der Waals surface area contributed by atoms with Crippen LogP contribution in [0.3, 0.4) is 0 Å². The molecular formula is C40H44N12O14S2. The van der Waals surface area contributed by atoms with E-state index in [0.29, 0.717) is 11.4 Å². The van der Waals surface area contributed by atoms with Gasteiger partial charge >= 0.3 is 0 Å². The first-order chi connectivity index (χ1) is 32.8. The molecule has 2 aromatic heterocycles. The number of hydrogen-bond donors (Lipinski definition) is 10. The number of para-hydroxylation sites is 2. The lowest BCUT2D eigenvalue weighted by Gasteiger charge is -2.21. The van der Waals surface area contributed by atoms with Crippen LogP contribution in [-0.2, 0) is 39.6 Å². The third-order valence-electron chi connectivity index (χ3n) is 8.37. The minimum Gasteiger partial charge on any atom is -0.394 e. The van der Waals surface area contributed by atoms with Crippen LogP contribution in [0.1, 0.15) is 11.1 Å². The molecule has 360 valence electrons. The fourth-order valence-electron chi connectivity index (χ4n) is 5.60. The molecule has 26 nitrogen and oxygen atoms in total. The lowest BCUT2D eigenvalue weighted by atomic mass is 10.1. The van der Waals surface area contributed by atoms with E-state index >= 15 is 0 Å². The van der Waals surface area contributed by atoms with Crippen LogP contribution in [0.4, 0.5) is 58.4 Å². The number of aliphatic hydroxyl groups excluding tert-OH is 4. The maximum Gasteiger partial charge on any atom is 0.295 e. The van der Waals surface area contributed by atoms with Gasteiger partial charge in [-0.2, -0.15) is 46.7 Å². The molecule has 0 saturated heterocycles. The lowest BCUT2D eigenvalue weighted by molar-refractivity contribution is -0.106. The van der Waals surface area contributed by atoms with Gasteiger partial charge in [0, 0.05) is 22.7 Å². The van der Waals surface area contributed by atoms with Gasteiger partial charge in [0.2, 0.25) is 23.8 Å². The van der Waals surface area contributed by atoms with Crippen molar-refractivity contribution in [3.8, 4) is 0 Å². The molecule has 4 aromatic carbocycles. The van der Waals surface area contributed by atoms with E-state index in [-0.39, 0.29) is 84.6 Å². The minimum absolute atomic E-state index is 0.0393. The molecule has 10 N–H and O–H groups in total. The van der Waals surface area contributed by atoms with E-state index in [2.05, 4.69) is 51.2 Å². The molecule has 0 aliphatic rings. The zero-order valence-electron chi connectivity index (χ0n) is 35.4. The Hall–Kier alpha value is -7.06. The summed E-state index contributed by atoms with van der Waals surface area (Å²) >= 11 is 0. The van der Waals surface area contributed by atoms with Gasteiger partial charge in [0.1, 0.15) is 36.2 Å². The highest BCUT2D eigenvalue weighted by Crippen LogP contribution is 2.29. The van der Waals surface area contributed by atoms with Crippen LogP contribution >= 0.6 is 0 Å². The van der Waals surface area contributed by atoms with Crippen LogP contribution in [0.15, 0.2) is 107 Å². The van der Waals surface area contributed by atoms with Gasteiger partial charge in [-0.3, -0.25) is 9.11 Å². The summed E-state index contributed by atoms with van der Waals surface area (Å²) in [5.41, 5.74) is 0.999. The van der Waals surface area contributed by atoms with Gasteiger partial charge in [0.05, 0.1) is 26.4 Å². The van der Waals surface area contributed by atoms with E-state index in [0.717, 1.165) is 22.6 Å². The topological polar surface area (TPSA) is 359 Å². The summed E-state index contributed by atoms with van der Waals surface area (Å²) in [4.78, 5) is 46.1. The Morgan fingerprint density at radius 3 is 1.04 bits per heavy atom. The molecule has 28 heteroatoms. The average molecular weight is 981 g/mol. The molecule has 0 aliphatic carbocycles. The monoisotopic (exact) mass is 980 g/mol. The number of benzene rings is 4. The first-order valence-corrected chi connectivity index (χ1v) is 22.8. The van der Waals surface area contributed by atoms with E-state index in [1.807, 2.05) is 0 Å². The van der Waals surface area contributed by atoms with Crippen molar-refractivity contribution in [1.29, 1.82) is 0 Å². The van der Waals surface area contributed by atoms with Gasteiger partial charge in [-0.25, -0.2) is 19.4 Å². The normalized spacial score (nSPS) is 11.7. The SMILES string of the molecule is O=S(=O)(O)c1cc(Nc2nc(Nc3ccccc3)nc(N(OCCO)OCCO)n2)ccc1C=Cc1ccc(Nc2nc(Nc3ccccc3)nc(N(OCCO)OCCO)n2)cc1S(=O)(=O)O. The Morgan fingerprint density at radius 2 is 0.750 bits per heavy atom. The fraction of sp³-hybridized carbons (Fsp3) is 0.200. The molecule has 0 spiro atoms. The molecule has 0 amide bonds. The highest BCUT2D eigenvalue weighted by Gasteiger charge is 2.22. The molecule has 0 radical (unpaired) electrons. The Bertz CT molecular complexity index is 2650. The third kappa shape index (κ3) is 14.7. The van der Waals surface area contributed by atoms with Crippen LogP contribution in [0.25, 0.3) is 12.2 Å². The summed E-state index contributed by atoms with van der Waals surface area (Å²) in [7, 11) is -9.94. The lowest BCUT2D eigenvalue weighted by Crippen LogP contribution is -2.29. The van der Waals surface area contributed by atoms with Gasteiger partial charge < -0.3 is 41.7 Å². The molecular weight excluding hydrogens is 937 g/mol. The number of rotatable bonds is 26. The van der Waals surface area contributed by atoms with E-state index in [9.17, 15) is 46.4 Å². The predicted molar refractivity (Wildman–Crippen MR) is 244 cm³/mol. The summed E-state index contributed by atoms with van der Waals surface area (Å²) in [5, 5.41) is 50.5. The van der Waals surface area contributed by atoms with Crippen molar-refractivity contribution >= 4 is 90.8 Å². The Morgan fingerprint density at radius 1 is 0.441 bits per heavy atom. The number of aliphatic hydroxyl groups is 4. The minimum atomic E-state index is -4.97. The van der Waals surface area contributed by atoms with E-state index in [1.165, 1.54) is 36.4 Å². The number of nitrogens with one attached hydrogen (secondary N) is 4. The van der Waals surface area contributed by atoms with E-state index in [4.69, 9.17) is 19.4 Å². The number of hydrogen-bond acceptors (Lipinski definition) is 24. The fourth-order valence-corrected chi connectivity index (χ4v) is 7.02. The van der Waals surface area contributed by atoms with Gasteiger partial charge in [-0.05, 0) is 59.7 Å². The number of nitrogens with zero attached hydrogens (tertiary/aromatic N) is 8. The Kier molecular flexibility index (Phi) is 17.9. The summed E-state index contributed by atoms with van der Waals surface area (Å²) in [5.74, 6) is -0.961. The molecule has 0 bridgehead atoms. The standard InChI is InChI=1S/C40H44N12O14S2/c53-17-21-63-51(64-22-18-54)39-47-35(41-29-7-3-1-4-8-29)45-37(49-39)43-31-15-13-27(33(25-31)67(57,58)59)11-12-28-14-16-32(26-34(28)68(60,61)62)44-38-46-36(42-30-9-5-2-6-10-30)48-40(50-38)52(65-23-19-55)66-24-20-56/h1-16,25-26,53-56H,17-24H2,(H,57,58,59)(H,60,61,62)(H2,41,43,45,47,49)(H2,42,44,46,48,50). The highest BCUT2D eigenvalue weighted by molar-refractivity contribution is 7.86. The predicted octanol–water partition coefficient (Wildman–Crippen LogP) is 3.00. The van der Waals surface area contributed by atoms with Gasteiger partial charge in [0.15, 0.2) is 0 Å². The first kappa shape index (κ1) is 50.4. The van der Waals surface area contributed by atoms with Crippen molar-refractivity contribution in [2.24, 2.45) is 0 Å². The second-order valence-corrected chi connectivity index (χ2v) is 16.1. The highest BCUT2D eigenvalue weighted by atomic mass is 32.2. The zero-order chi connectivity index (χ0) is 48.5. The molecule has 2 heterocycles. The maximum absolute atomic E-state index is 12.8. The van der Waals surface area contributed by atoms with E-state index in [1.54, 1.807) is 60.7 Å². The number of aromatic nitrogens is 6.